The summed E-state index contributed by atoms with van der Waals surface area (Å²) in [5.74, 6) is 1.40. The van der Waals surface area contributed by atoms with Crippen molar-refractivity contribution in [1.82, 2.24) is 9.97 Å². The highest BCUT2D eigenvalue weighted by molar-refractivity contribution is 5.65. The molecule has 0 unspecified atom stereocenters. The lowest BCUT2D eigenvalue weighted by Crippen LogP contribution is -2.47. The normalized spacial score (nSPS) is 13.8. The molecule has 4 rings (SSSR count). The number of piperazine rings is 1. The number of nitrogens with zero attached hydrogens (tertiary/aromatic N) is 5. The number of hydrogen-bond acceptors (Lipinski definition) is 6. The molecule has 0 amide bonds. The number of para-hydroxylation sites is 1. The molecule has 1 aliphatic rings. The third-order valence-electron chi connectivity index (χ3n) is 5.43. The molecule has 0 spiro atoms. The van der Waals surface area contributed by atoms with Crippen LogP contribution in [0.4, 0.5) is 23.1 Å². The lowest BCUT2D eigenvalue weighted by Gasteiger charge is -2.37. The summed E-state index contributed by atoms with van der Waals surface area (Å²) >= 11 is 0. The molecule has 3 aromatic rings. The third kappa shape index (κ3) is 3.99. The molecular formula is C23H24N6. The number of anilines is 4. The summed E-state index contributed by atoms with van der Waals surface area (Å²) < 4.78 is 0. The number of nitriles is 1. The maximum Gasteiger partial charge on any atom is 0.227 e. The highest BCUT2D eigenvalue weighted by Gasteiger charge is 2.20. The van der Waals surface area contributed by atoms with E-state index in [2.05, 4.69) is 63.2 Å². The second-order valence-corrected chi connectivity index (χ2v) is 7.22. The van der Waals surface area contributed by atoms with Gasteiger partial charge in [-0.1, -0.05) is 24.3 Å². The van der Waals surface area contributed by atoms with Gasteiger partial charge in [0.2, 0.25) is 5.95 Å². The first-order valence-corrected chi connectivity index (χ1v) is 9.81. The Hall–Kier alpha value is -3.59. The number of nitrogens with one attached hydrogen (secondary N) is 1. The minimum absolute atomic E-state index is 0.592. The van der Waals surface area contributed by atoms with Crippen LogP contribution < -0.4 is 15.1 Å². The molecule has 0 saturated carbocycles. The van der Waals surface area contributed by atoms with Crippen LogP contribution in [-0.4, -0.2) is 36.1 Å². The Labute approximate surface area is 171 Å². The minimum atomic E-state index is 0.592. The van der Waals surface area contributed by atoms with E-state index in [1.165, 1.54) is 16.8 Å². The largest absolute Gasteiger partial charge is 0.368 e. The van der Waals surface area contributed by atoms with Crippen LogP contribution in [-0.2, 0) is 0 Å². The Morgan fingerprint density at radius 2 is 1.69 bits per heavy atom. The van der Waals surface area contributed by atoms with Gasteiger partial charge in [-0.25, -0.2) is 4.98 Å². The predicted molar refractivity (Wildman–Crippen MR) is 117 cm³/mol. The topological polar surface area (TPSA) is 68.1 Å². The molecule has 146 valence electrons. The summed E-state index contributed by atoms with van der Waals surface area (Å²) in [6.07, 6.45) is 1.76. The van der Waals surface area contributed by atoms with Crippen molar-refractivity contribution in [2.75, 3.05) is 41.3 Å². The first kappa shape index (κ1) is 18.8. The Morgan fingerprint density at radius 3 is 2.48 bits per heavy atom. The number of hydrogen-bond donors (Lipinski definition) is 1. The lowest BCUT2D eigenvalue weighted by molar-refractivity contribution is 0.639. The maximum absolute atomic E-state index is 9.27. The van der Waals surface area contributed by atoms with E-state index in [9.17, 15) is 5.26 Å². The van der Waals surface area contributed by atoms with Gasteiger partial charge in [0.25, 0.3) is 0 Å². The van der Waals surface area contributed by atoms with Gasteiger partial charge in [0.1, 0.15) is 11.9 Å². The van der Waals surface area contributed by atoms with Crippen LogP contribution >= 0.6 is 0 Å². The SMILES string of the molecule is Cc1cccc(N2CCN(c3nccc(Nc4ccccc4C#N)n3)CC2)c1C. The predicted octanol–water partition coefficient (Wildman–Crippen LogP) is 4.04. The van der Waals surface area contributed by atoms with Gasteiger partial charge in [-0.05, 0) is 49.2 Å². The standard InChI is InChI=1S/C23H24N6/c1-17-6-5-9-21(18(17)2)28-12-14-29(15-13-28)23-25-11-10-22(27-23)26-20-8-4-3-7-19(20)16-24/h3-11H,12-15H2,1-2H3,(H,25,26,27). The first-order chi connectivity index (χ1) is 14.2. The highest BCUT2D eigenvalue weighted by atomic mass is 15.3. The second-order valence-electron chi connectivity index (χ2n) is 7.22. The smallest absolute Gasteiger partial charge is 0.227 e. The van der Waals surface area contributed by atoms with Crippen molar-refractivity contribution in [3.05, 3.63) is 71.4 Å². The van der Waals surface area contributed by atoms with Gasteiger partial charge in [-0.15, -0.1) is 0 Å². The Bertz CT molecular complexity index is 1050. The molecule has 0 aliphatic carbocycles. The first-order valence-electron chi connectivity index (χ1n) is 9.81. The van der Waals surface area contributed by atoms with Crippen molar-refractivity contribution >= 4 is 23.1 Å². The van der Waals surface area contributed by atoms with E-state index in [1.807, 2.05) is 24.3 Å². The lowest BCUT2D eigenvalue weighted by atomic mass is 10.1. The molecule has 1 fully saturated rings. The van der Waals surface area contributed by atoms with E-state index in [0.717, 1.165) is 31.9 Å². The summed E-state index contributed by atoms with van der Waals surface area (Å²) in [4.78, 5) is 13.8. The van der Waals surface area contributed by atoms with Gasteiger partial charge in [0.15, 0.2) is 0 Å². The van der Waals surface area contributed by atoms with Crippen LogP contribution in [0.1, 0.15) is 16.7 Å². The minimum Gasteiger partial charge on any atom is -0.368 e. The van der Waals surface area contributed by atoms with Crippen molar-refractivity contribution in [1.29, 1.82) is 5.26 Å². The molecular weight excluding hydrogens is 360 g/mol. The van der Waals surface area contributed by atoms with Crippen LogP contribution in [0, 0.1) is 25.2 Å². The van der Waals surface area contributed by atoms with Gasteiger partial charge in [-0.2, -0.15) is 10.2 Å². The highest BCUT2D eigenvalue weighted by Crippen LogP contribution is 2.25. The molecule has 1 saturated heterocycles. The van der Waals surface area contributed by atoms with E-state index in [0.29, 0.717) is 17.3 Å². The fourth-order valence-corrected chi connectivity index (χ4v) is 3.62. The summed E-state index contributed by atoms with van der Waals surface area (Å²) in [6.45, 7) is 7.95. The van der Waals surface area contributed by atoms with Gasteiger partial charge >= 0.3 is 0 Å². The van der Waals surface area contributed by atoms with E-state index < -0.39 is 0 Å². The molecule has 0 bridgehead atoms. The zero-order chi connectivity index (χ0) is 20.2. The van der Waals surface area contributed by atoms with E-state index in [-0.39, 0.29) is 0 Å². The zero-order valence-electron chi connectivity index (χ0n) is 16.8. The monoisotopic (exact) mass is 384 g/mol. The molecule has 6 nitrogen and oxygen atoms in total. The number of aromatic nitrogens is 2. The van der Waals surface area contributed by atoms with Crippen LogP contribution in [0.2, 0.25) is 0 Å². The molecule has 1 aliphatic heterocycles. The zero-order valence-corrected chi connectivity index (χ0v) is 16.8. The van der Waals surface area contributed by atoms with Crippen LogP contribution in [0.3, 0.4) is 0 Å². The van der Waals surface area contributed by atoms with Crippen LogP contribution in [0.15, 0.2) is 54.7 Å². The van der Waals surface area contributed by atoms with Crippen molar-refractivity contribution in [3.8, 4) is 6.07 Å². The van der Waals surface area contributed by atoms with Gasteiger partial charge in [0.05, 0.1) is 11.3 Å². The fraction of sp³-hybridized carbons (Fsp3) is 0.261. The number of aryl methyl sites for hydroxylation is 1. The fourth-order valence-electron chi connectivity index (χ4n) is 3.62. The molecule has 0 radical (unpaired) electrons. The summed E-state index contributed by atoms with van der Waals surface area (Å²) in [7, 11) is 0. The number of benzene rings is 2. The summed E-state index contributed by atoms with van der Waals surface area (Å²) in [6, 6.07) is 17.9. The van der Waals surface area contributed by atoms with Crippen LogP contribution in [0.5, 0.6) is 0 Å². The van der Waals surface area contributed by atoms with Crippen molar-refractivity contribution < 1.29 is 0 Å². The van der Waals surface area contributed by atoms with Gasteiger partial charge < -0.3 is 15.1 Å². The Kier molecular flexibility index (Phi) is 5.30. The van der Waals surface area contributed by atoms with Crippen molar-refractivity contribution in [2.24, 2.45) is 0 Å². The average Bonchev–Trinajstić information content (AvgIpc) is 2.76. The summed E-state index contributed by atoms with van der Waals surface area (Å²) in [5.41, 5.74) is 5.33. The van der Waals surface area contributed by atoms with E-state index in [4.69, 9.17) is 0 Å². The third-order valence-corrected chi connectivity index (χ3v) is 5.43. The second kappa shape index (κ2) is 8.19. The van der Waals surface area contributed by atoms with Gasteiger partial charge in [-0.3, -0.25) is 0 Å². The van der Waals surface area contributed by atoms with E-state index in [1.54, 1.807) is 12.3 Å². The molecule has 6 heteroatoms. The molecule has 1 N–H and O–H groups in total. The maximum atomic E-state index is 9.27. The molecule has 29 heavy (non-hydrogen) atoms. The van der Waals surface area contributed by atoms with Crippen molar-refractivity contribution in [2.45, 2.75) is 13.8 Å². The average molecular weight is 384 g/mol. The molecule has 1 aromatic heterocycles. The number of rotatable bonds is 4. The van der Waals surface area contributed by atoms with Crippen LogP contribution in [0.25, 0.3) is 0 Å². The van der Waals surface area contributed by atoms with Crippen molar-refractivity contribution in [3.63, 3.8) is 0 Å². The van der Waals surface area contributed by atoms with E-state index >= 15 is 0 Å². The molecule has 2 aromatic carbocycles. The molecule has 2 heterocycles. The Balaban J connectivity index is 1.46. The Morgan fingerprint density at radius 1 is 0.931 bits per heavy atom. The quantitative estimate of drug-likeness (QED) is 0.732. The van der Waals surface area contributed by atoms with Gasteiger partial charge in [0, 0.05) is 38.1 Å². The molecule has 0 atom stereocenters. The summed E-state index contributed by atoms with van der Waals surface area (Å²) in [5, 5.41) is 12.5.